The SMILES string of the molecule is C.C.C.C.C.CCC.CCC(CC)CC(CC)CC(CC)CC.CCC1CC(CC)CC(CC)CC(CC)C1.CCCCCCC. The van der Waals surface area contributed by atoms with Crippen molar-refractivity contribution in [1.29, 1.82) is 0 Å². The smallest absolute Gasteiger partial charge is 0.0412 e. The van der Waals surface area contributed by atoms with Gasteiger partial charge in [-0.2, -0.15) is 0 Å². The van der Waals surface area contributed by atoms with Crippen LogP contribution in [0.3, 0.4) is 0 Å². The van der Waals surface area contributed by atoms with E-state index in [0.717, 1.165) is 41.4 Å². The van der Waals surface area contributed by atoms with Gasteiger partial charge in [0.1, 0.15) is 0 Å². The third kappa shape index (κ3) is 38.4. The molecule has 0 heteroatoms. The average Bonchev–Trinajstić information content (AvgIpc) is 2.99. The van der Waals surface area contributed by atoms with E-state index in [9.17, 15) is 0 Å². The van der Waals surface area contributed by atoms with E-state index in [4.69, 9.17) is 0 Å². The van der Waals surface area contributed by atoms with Gasteiger partial charge in [0.25, 0.3) is 0 Å². The molecular weight excluding hydrogens is 553 g/mol. The number of rotatable bonds is 17. The second kappa shape index (κ2) is 49.4. The first-order chi connectivity index (χ1) is 19.8. The lowest BCUT2D eigenvalue weighted by Crippen LogP contribution is -2.21. The van der Waals surface area contributed by atoms with Crippen molar-refractivity contribution in [2.75, 3.05) is 0 Å². The van der Waals surface area contributed by atoms with Crippen molar-refractivity contribution < 1.29 is 0 Å². The van der Waals surface area contributed by atoms with E-state index in [0.29, 0.717) is 0 Å². The zero-order chi connectivity index (χ0) is 31.9. The topological polar surface area (TPSA) is 0 Å². The predicted octanol–water partition coefficient (Wildman–Crippen LogP) is 18.9. The average molecular weight is 661 g/mol. The molecule has 0 amide bonds. The van der Waals surface area contributed by atoms with E-state index in [2.05, 4.69) is 90.0 Å². The van der Waals surface area contributed by atoms with Gasteiger partial charge in [-0.05, 0) is 80.0 Å². The molecule has 0 radical (unpaired) electrons. The summed E-state index contributed by atoms with van der Waals surface area (Å²) in [6.07, 6.45) is 29.8. The third-order valence-electron chi connectivity index (χ3n) is 10.4. The highest BCUT2D eigenvalue weighted by molar-refractivity contribution is 4.77. The van der Waals surface area contributed by atoms with E-state index < -0.39 is 0 Å². The Kier molecular flexibility index (Phi) is 69.3. The molecule has 292 valence electrons. The van der Waals surface area contributed by atoms with Crippen molar-refractivity contribution in [3.63, 3.8) is 0 Å². The normalized spacial score (nSPS) is 18.5. The first kappa shape index (κ1) is 64.5. The summed E-state index contributed by atoms with van der Waals surface area (Å²) in [6.45, 7) is 30.1. The molecule has 0 aromatic carbocycles. The molecule has 0 aromatic rings. The molecule has 0 saturated heterocycles. The van der Waals surface area contributed by atoms with Crippen molar-refractivity contribution in [2.45, 2.75) is 262 Å². The molecule has 1 fully saturated rings. The van der Waals surface area contributed by atoms with Crippen LogP contribution in [0.5, 0.6) is 0 Å². The predicted molar refractivity (Wildman–Crippen MR) is 229 cm³/mol. The summed E-state index contributed by atoms with van der Waals surface area (Å²) in [4.78, 5) is 0. The summed E-state index contributed by atoms with van der Waals surface area (Å²) >= 11 is 0. The molecule has 0 spiro atoms. The van der Waals surface area contributed by atoms with Crippen LogP contribution in [0.25, 0.3) is 0 Å². The first-order valence-corrected chi connectivity index (χ1v) is 19.8. The van der Waals surface area contributed by atoms with Crippen molar-refractivity contribution in [3.8, 4) is 0 Å². The quantitative estimate of drug-likeness (QED) is 0.136. The highest BCUT2D eigenvalue weighted by atomic mass is 14.3. The lowest BCUT2D eigenvalue weighted by molar-refractivity contribution is 0.183. The summed E-state index contributed by atoms with van der Waals surface area (Å²) in [7, 11) is 0. The summed E-state index contributed by atoms with van der Waals surface area (Å²) < 4.78 is 0. The van der Waals surface area contributed by atoms with E-state index >= 15 is 0 Å². The molecule has 0 atom stereocenters. The molecule has 0 nitrogen and oxygen atoms in total. The van der Waals surface area contributed by atoms with Gasteiger partial charge in [0.05, 0.1) is 0 Å². The maximum absolute atomic E-state index is 2.39. The van der Waals surface area contributed by atoms with Crippen molar-refractivity contribution in [2.24, 2.45) is 41.4 Å². The van der Waals surface area contributed by atoms with E-state index in [-0.39, 0.29) is 37.1 Å². The van der Waals surface area contributed by atoms with Crippen LogP contribution in [0.4, 0.5) is 0 Å². The largest absolute Gasteiger partial charge is 0.0776 e. The first-order valence-electron chi connectivity index (χ1n) is 19.8. The lowest BCUT2D eigenvalue weighted by Gasteiger charge is -2.33. The zero-order valence-electron chi connectivity index (χ0n) is 31.9. The van der Waals surface area contributed by atoms with Gasteiger partial charge in [0.15, 0.2) is 0 Å². The molecule has 0 heterocycles. The zero-order valence-corrected chi connectivity index (χ0v) is 31.9. The van der Waals surface area contributed by atoms with E-state index in [1.54, 1.807) is 0 Å². The molecule has 1 aliphatic carbocycles. The van der Waals surface area contributed by atoms with Crippen LogP contribution in [-0.4, -0.2) is 0 Å². The monoisotopic (exact) mass is 661 g/mol. The molecule has 0 unspecified atom stereocenters. The van der Waals surface area contributed by atoms with Gasteiger partial charge in [0.2, 0.25) is 0 Å². The summed E-state index contributed by atoms with van der Waals surface area (Å²) in [6, 6.07) is 0. The lowest BCUT2D eigenvalue weighted by atomic mass is 9.72. The van der Waals surface area contributed by atoms with Gasteiger partial charge in [-0.3, -0.25) is 0 Å². The Balaban J connectivity index is -0.0000000751. The molecule has 1 saturated carbocycles. The van der Waals surface area contributed by atoms with Crippen LogP contribution in [0.2, 0.25) is 0 Å². The number of hydrogen-bond acceptors (Lipinski definition) is 0. The molecule has 0 aliphatic heterocycles. The minimum atomic E-state index is 0. The van der Waals surface area contributed by atoms with Crippen LogP contribution in [0, 0.1) is 41.4 Å². The second-order valence-electron chi connectivity index (χ2n) is 13.9. The van der Waals surface area contributed by atoms with Gasteiger partial charge in [-0.25, -0.2) is 0 Å². The van der Waals surface area contributed by atoms with Crippen LogP contribution in [0.15, 0.2) is 0 Å². The summed E-state index contributed by atoms with van der Waals surface area (Å²) in [5, 5.41) is 0. The second-order valence-corrected chi connectivity index (χ2v) is 13.9. The van der Waals surface area contributed by atoms with Gasteiger partial charge in [-0.1, -0.05) is 223 Å². The Morgan fingerprint density at radius 1 is 0.348 bits per heavy atom. The Morgan fingerprint density at radius 3 is 0.717 bits per heavy atom. The standard InChI is InChI=1S/C16H32.C15H32.C7H16.C3H8.5CH4/c1-5-13-9-14(6-2)11-16(8-4)12-15(7-3)10-13;1-6-13(7-2)11-15(10-5)12-14(8-3)9-4;1-3-5-7-6-4-2;1-3-2;;;;;/h13-16H,5-12H2,1-4H3;13-15H,6-12H2,1-5H3;3-7H2,1-2H3;3H2,1-2H3;5*1H4. The fraction of sp³-hybridized carbons (Fsp3) is 1.00. The van der Waals surface area contributed by atoms with Crippen LogP contribution in [-0.2, 0) is 0 Å². The fourth-order valence-corrected chi connectivity index (χ4v) is 6.90. The number of unbranched alkanes of at least 4 members (excludes halogenated alkanes) is 4. The van der Waals surface area contributed by atoms with E-state index in [1.165, 1.54) is 135 Å². The highest BCUT2D eigenvalue weighted by Crippen LogP contribution is 2.38. The Morgan fingerprint density at radius 2 is 0.565 bits per heavy atom. The third-order valence-corrected chi connectivity index (χ3v) is 10.4. The molecule has 0 N–H and O–H groups in total. The molecule has 1 aliphatic rings. The van der Waals surface area contributed by atoms with Gasteiger partial charge in [0, 0.05) is 0 Å². The van der Waals surface area contributed by atoms with E-state index in [1.807, 2.05) is 0 Å². The summed E-state index contributed by atoms with van der Waals surface area (Å²) in [5.41, 5.74) is 0. The van der Waals surface area contributed by atoms with Crippen molar-refractivity contribution in [3.05, 3.63) is 0 Å². The molecule has 0 bridgehead atoms. The Hall–Kier alpha value is 0. The Bertz CT molecular complexity index is 379. The number of hydrogen-bond donors (Lipinski definition) is 0. The molecular formula is C46H108. The minimum Gasteiger partial charge on any atom is -0.0776 e. The molecule has 1 rings (SSSR count). The van der Waals surface area contributed by atoms with Crippen molar-refractivity contribution >= 4 is 0 Å². The van der Waals surface area contributed by atoms with Crippen LogP contribution < -0.4 is 0 Å². The van der Waals surface area contributed by atoms with Gasteiger partial charge in [-0.15, -0.1) is 0 Å². The Labute approximate surface area is 302 Å². The molecule has 0 aromatic heterocycles. The van der Waals surface area contributed by atoms with Crippen LogP contribution >= 0.6 is 0 Å². The van der Waals surface area contributed by atoms with Gasteiger partial charge >= 0.3 is 0 Å². The van der Waals surface area contributed by atoms with Gasteiger partial charge < -0.3 is 0 Å². The molecule has 46 heavy (non-hydrogen) atoms. The highest BCUT2D eigenvalue weighted by Gasteiger charge is 2.25. The minimum absolute atomic E-state index is 0. The van der Waals surface area contributed by atoms with Crippen molar-refractivity contribution in [1.82, 2.24) is 0 Å². The maximum Gasteiger partial charge on any atom is -0.0412 e. The maximum atomic E-state index is 2.39. The summed E-state index contributed by atoms with van der Waals surface area (Å²) in [5.74, 6) is 7.02. The van der Waals surface area contributed by atoms with Crippen LogP contribution in [0.1, 0.15) is 262 Å². The fourth-order valence-electron chi connectivity index (χ4n) is 6.90.